The van der Waals surface area contributed by atoms with Crippen molar-refractivity contribution in [1.29, 1.82) is 0 Å². The second-order valence-electron chi connectivity index (χ2n) is 10.1. The van der Waals surface area contributed by atoms with Crippen LogP contribution >= 0.6 is 0 Å². The van der Waals surface area contributed by atoms with Gasteiger partial charge >= 0.3 is 23.9 Å². The summed E-state index contributed by atoms with van der Waals surface area (Å²) in [6.45, 7) is -0.776. The molecule has 0 aromatic heterocycles. The predicted molar refractivity (Wildman–Crippen MR) is 163 cm³/mol. The van der Waals surface area contributed by atoms with E-state index < -0.39 is 60.8 Å². The molecule has 238 valence electrons. The summed E-state index contributed by atoms with van der Waals surface area (Å²) in [6, 6.07) is 30.9. The van der Waals surface area contributed by atoms with E-state index in [1.165, 1.54) is 48.5 Å². The van der Waals surface area contributed by atoms with E-state index in [9.17, 15) is 29.8 Å². The average molecular weight is 638 g/mol. The van der Waals surface area contributed by atoms with E-state index in [0.717, 1.165) is 0 Å². The monoisotopic (exact) mass is 637 g/mol. The second-order valence-corrected chi connectivity index (χ2v) is 10.1. The zero-order valence-corrected chi connectivity index (χ0v) is 24.5. The fourth-order valence-corrected chi connectivity index (χ4v) is 4.71. The molecule has 0 amide bonds. The van der Waals surface area contributed by atoms with Crippen molar-refractivity contribution < 1.29 is 48.0 Å². The zero-order chi connectivity index (χ0) is 33.2. The third-order valence-electron chi connectivity index (χ3n) is 7.07. The van der Waals surface area contributed by atoms with Gasteiger partial charge in [0.25, 0.3) is 0 Å². The first-order chi connectivity index (χ1) is 22.8. The highest BCUT2D eigenvalue weighted by molar-refractivity contribution is 5.91. The Morgan fingerprint density at radius 3 is 1.51 bits per heavy atom. The van der Waals surface area contributed by atoms with Crippen LogP contribution in [0.3, 0.4) is 0 Å². The molecule has 0 saturated carbocycles. The molecule has 4 aromatic rings. The largest absolute Gasteiger partial charge is 0.459 e. The van der Waals surface area contributed by atoms with Crippen LogP contribution in [-0.2, 0) is 23.7 Å². The molecule has 5 rings (SSSR count). The van der Waals surface area contributed by atoms with Crippen molar-refractivity contribution >= 4 is 23.9 Å². The van der Waals surface area contributed by atoms with Crippen molar-refractivity contribution in [2.45, 2.75) is 30.3 Å². The molecule has 1 heterocycles. The maximum Gasteiger partial charge on any atom is 0.340 e. The molecule has 13 heteroatoms. The van der Waals surface area contributed by atoms with Crippen molar-refractivity contribution in [3.8, 4) is 0 Å². The quantitative estimate of drug-likeness (QED) is 0.0827. The molecule has 1 fully saturated rings. The van der Waals surface area contributed by atoms with Crippen LogP contribution in [0.5, 0.6) is 0 Å². The molecule has 1 N–H and O–H groups in total. The normalized spacial score (nSPS) is 21.7. The smallest absolute Gasteiger partial charge is 0.340 e. The van der Waals surface area contributed by atoms with E-state index in [-0.39, 0.29) is 22.3 Å². The van der Waals surface area contributed by atoms with E-state index in [4.69, 9.17) is 23.7 Å². The molecule has 1 unspecified atom stereocenters. The lowest BCUT2D eigenvalue weighted by atomic mass is 9.92. The number of ether oxygens (including phenoxy) is 5. The van der Waals surface area contributed by atoms with Crippen LogP contribution < -0.4 is 0 Å². The number of nitrogens with zero attached hydrogens (tertiary/aromatic N) is 3. The Hall–Kier alpha value is -6.01. The maximum absolute atomic E-state index is 13.4. The zero-order valence-electron chi connectivity index (χ0n) is 24.5. The van der Waals surface area contributed by atoms with Gasteiger partial charge in [-0.05, 0) is 54.1 Å². The molecule has 1 aliphatic rings. The van der Waals surface area contributed by atoms with Gasteiger partial charge in [-0.1, -0.05) is 77.9 Å². The van der Waals surface area contributed by atoms with Gasteiger partial charge in [-0.3, -0.25) is 0 Å². The summed E-state index contributed by atoms with van der Waals surface area (Å²) in [5, 5.41) is 15.4. The minimum atomic E-state index is -2.87. The molecule has 0 bridgehead atoms. The van der Waals surface area contributed by atoms with Crippen LogP contribution in [0.1, 0.15) is 41.4 Å². The summed E-state index contributed by atoms with van der Waals surface area (Å²) in [4.78, 5) is 55.5. The second kappa shape index (κ2) is 14.8. The highest BCUT2D eigenvalue weighted by Gasteiger charge is 2.61. The summed E-state index contributed by atoms with van der Waals surface area (Å²) in [6.07, 6.45) is -7.64. The predicted octanol–water partition coefficient (Wildman–Crippen LogP) is 4.88. The van der Waals surface area contributed by atoms with Gasteiger partial charge in [-0.25, -0.2) is 19.2 Å². The summed E-state index contributed by atoms with van der Waals surface area (Å²) >= 11 is 0. The average Bonchev–Trinajstić information content (AvgIpc) is 3.11. The first-order valence-electron chi connectivity index (χ1n) is 14.2. The Morgan fingerprint density at radius 1 is 0.660 bits per heavy atom. The standard InChI is InChI=1S/C34H27N3O10/c35-37-36-34(42)26(21-43-29(38)22-13-5-1-6-14-22)44-33(47-32(41)25-19-11-4-12-20-25)27(45-30(39)23-15-7-2-8-16-23)28(34)46-31(40)24-17-9-3-10-18-24/h1-20,26-28,33,42H,21H2/t26-,27-,28-,33?,34-/m1/s1. The summed E-state index contributed by atoms with van der Waals surface area (Å²) in [5.74, 6) is -3.75. The molecule has 47 heavy (non-hydrogen) atoms. The van der Waals surface area contributed by atoms with Crippen molar-refractivity contribution in [3.63, 3.8) is 0 Å². The van der Waals surface area contributed by atoms with E-state index >= 15 is 0 Å². The maximum atomic E-state index is 13.4. The Labute approximate surface area is 267 Å². The number of carbonyl (C=O) groups is 4. The number of hydrogen-bond donors (Lipinski definition) is 1. The lowest BCUT2D eigenvalue weighted by molar-refractivity contribution is -0.315. The first kappa shape index (κ1) is 32.4. The molecule has 0 spiro atoms. The SMILES string of the molecule is [N-]=[N+]=N[C@]1(O)[C@H](OC(=O)c2ccccc2)[C@@H](OC(=O)c2ccccc2)C(OC(=O)c2ccccc2)O[C@@H]1COC(=O)c1ccccc1. The molecular weight excluding hydrogens is 610 g/mol. The molecule has 1 aliphatic heterocycles. The molecule has 4 aromatic carbocycles. The first-order valence-corrected chi connectivity index (χ1v) is 14.2. The Bertz CT molecular complexity index is 1750. The topological polar surface area (TPSA) is 183 Å². The van der Waals surface area contributed by atoms with Crippen LogP contribution in [0, 0.1) is 0 Å². The Morgan fingerprint density at radius 2 is 1.06 bits per heavy atom. The van der Waals surface area contributed by atoms with E-state index in [1.807, 2.05) is 0 Å². The number of rotatable bonds is 10. The van der Waals surface area contributed by atoms with Crippen molar-refractivity contribution in [1.82, 2.24) is 0 Å². The summed E-state index contributed by atoms with van der Waals surface area (Å²) in [5.41, 5.74) is 6.99. The van der Waals surface area contributed by atoms with Crippen molar-refractivity contribution in [3.05, 3.63) is 154 Å². The summed E-state index contributed by atoms with van der Waals surface area (Å²) < 4.78 is 28.3. The van der Waals surface area contributed by atoms with Crippen LogP contribution in [-0.4, -0.2) is 65.9 Å². The van der Waals surface area contributed by atoms with Gasteiger partial charge in [0.15, 0.2) is 6.10 Å². The van der Waals surface area contributed by atoms with Crippen LogP contribution in [0.2, 0.25) is 0 Å². The lowest BCUT2D eigenvalue weighted by Crippen LogP contribution is -2.68. The third-order valence-corrected chi connectivity index (χ3v) is 7.07. The van der Waals surface area contributed by atoms with E-state index in [1.54, 1.807) is 72.8 Å². The van der Waals surface area contributed by atoms with Crippen LogP contribution in [0.25, 0.3) is 10.4 Å². The fourth-order valence-electron chi connectivity index (χ4n) is 4.71. The Balaban J connectivity index is 1.56. The molecular formula is C34H27N3O10. The van der Waals surface area contributed by atoms with E-state index in [0.29, 0.717) is 0 Å². The van der Waals surface area contributed by atoms with Gasteiger partial charge in [0.2, 0.25) is 18.1 Å². The number of hydrogen-bond acceptors (Lipinski definition) is 11. The van der Waals surface area contributed by atoms with Crippen molar-refractivity contribution in [2.75, 3.05) is 6.61 Å². The number of esters is 4. The van der Waals surface area contributed by atoms with Gasteiger partial charge in [-0.15, -0.1) is 0 Å². The molecule has 0 radical (unpaired) electrons. The Kier molecular flexibility index (Phi) is 10.2. The molecule has 0 aliphatic carbocycles. The van der Waals surface area contributed by atoms with Crippen LogP contribution in [0.15, 0.2) is 126 Å². The molecule has 5 atom stereocenters. The van der Waals surface area contributed by atoms with E-state index in [2.05, 4.69) is 10.0 Å². The van der Waals surface area contributed by atoms with Gasteiger partial charge in [0.05, 0.1) is 22.3 Å². The highest BCUT2D eigenvalue weighted by atomic mass is 16.7. The summed E-state index contributed by atoms with van der Waals surface area (Å²) in [7, 11) is 0. The lowest BCUT2D eigenvalue weighted by Gasteiger charge is -2.47. The van der Waals surface area contributed by atoms with Crippen molar-refractivity contribution in [2.24, 2.45) is 5.11 Å². The molecule has 1 saturated heterocycles. The highest BCUT2D eigenvalue weighted by Crippen LogP contribution is 2.37. The minimum absolute atomic E-state index is 0.0281. The van der Waals surface area contributed by atoms with Crippen LogP contribution in [0.4, 0.5) is 0 Å². The number of carbonyl (C=O) groups excluding carboxylic acids is 4. The fraction of sp³-hybridized carbons (Fsp3) is 0.176. The molecule has 13 nitrogen and oxygen atoms in total. The number of aliphatic hydroxyl groups is 1. The van der Waals surface area contributed by atoms with Gasteiger partial charge < -0.3 is 28.8 Å². The number of benzene rings is 4. The van der Waals surface area contributed by atoms with Gasteiger partial charge in [0, 0.05) is 4.91 Å². The minimum Gasteiger partial charge on any atom is -0.459 e. The van der Waals surface area contributed by atoms with Gasteiger partial charge in [-0.2, -0.15) is 0 Å². The third kappa shape index (κ3) is 7.63. The van der Waals surface area contributed by atoms with Gasteiger partial charge in [0.1, 0.15) is 12.7 Å². The number of azide groups is 1.